The van der Waals surface area contributed by atoms with E-state index in [9.17, 15) is 51.4 Å². The SMILES string of the molecule is CCN1CC2CC(C)c3c(C(=O)NCc4ccc(F)cc4F)c(=O)c(O)c(n32)C1=O.CCN1CC2CC(C)c3c(C(=O)NCc4ccc(F)cc4F)c(=O)c(OC)c(n32)C1=O.[Cl-].[Li+]. The molecule has 4 aliphatic rings. The maximum Gasteiger partial charge on any atom is 1.00 e. The van der Waals surface area contributed by atoms with Crippen LogP contribution >= 0.6 is 0 Å². The van der Waals surface area contributed by atoms with Crippen molar-refractivity contribution in [2.24, 2.45) is 0 Å². The van der Waals surface area contributed by atoms with Gasteiger partial charge in [-0.25, -0.2) is 17.6 Å². The van der Waals surface area contributed by atoms with Gasteiger partial charge in [0.05, 0.1) is 19.2 Å². The number of carbonyl (C=O) groups excluding carboxylic acids is 4. The Balaban J connectivity index is 0.000000230. The molecule has 4 aromatic rings. The maximum absolute atomic E-state index is 13.9. The summed E-state index contributed by atoms with van der Waals surface area (Å²) in [6.07, 6.45) is 1.29. The van der Waals surface area contributed by atoms with Crippen molar-refractivity contribution in [2.75, 3.05) is 33.3 Å². The van der Waals surface area contributed by atoms with Crippen LogP contribution in [0.3, 0.4) is 0 Å². The van der Waals surface area contributed by atoms with Crippen molar-refractivity contribution in [3.05, 3.63) is 125 Å². The molecule has 4 aliphatic heterocycles. The van der Waals surface area contributed by atoms with Gasteiger partial charge in [0.2, 0.25) is 10.9 Å². The number of pyridine rings is 2. The number of aromatic nitrogens is 2. The molecule has 4 atom stereocenters. The van der Waals surface area contributed by atoms with E-state index in [4.69, 9.17) is 4.74 Å². The summed E-state index contributed by atoms with van der Waals surface area (Å²) in [5.74, 6) is -6.50. The molecule has 14 nitrogen and oxygen atoms in total. The van der Waals surface area contributed by atoms with Crippen molar-refractivity contribution >= 4 is 23.6 Å². The quantitative estimate of drug-likeness (QED) is 0.140. The van der Waals surface area contributed by atoms with Gasteiger partial charge in [0.15, 0.2) is 22.9 Å². The molecule has 0 saturated carbocycles. The van der Waals surface area contributed by atoms with Crippen LogP contribution in [-0.4, -0.2) is 81.0 Å². The van der Waals surface area contributed by atoms with Crippen molar-refractivity contribution in [1.29, 1.82) is 0 Å². The van der Waals surface area contributed by atoms with Crippen LogP contribution in [-0.2, 0) is 13.1 Å². The zero-order chi connectivity index (χ0) is 44.2. The standard InChI is InChI=1S/C22H23F2N3O4.C21H21F2N3O4.ClH.Li/c1-4-26-10-14-7-11(2)17-16(19(28)20(31-3)18(22(26)30)27(14)17)21(29)25-9-12-5-6-13(23)8-15(12)24;1-3-25-9-13-6-10(2)16-15(18(27)19(28)17(21(25)30)26(13)16)20(29)24-8-11-4-5-12(22)7-14(11)23;;/h5-6,8,11,14H,4,7,9-10H2,1-3H3,(H,25,29);4-5,7,10,13,28H,3,6,8-9H2,1-2H3,(H,24,29);1H;/q;;;+1/p-1. The van der Waals surface area contributed by atoms with Gasteiger partial charge >= 0.3 is 18.9 Å². The van der Waals surface area contributed by atoms with E-state index in [0.717, 1.165) is 18.2 Å². The Bertz CT molecular complexity index is 2640. The van der Waals surface area contributed by atoms with Gasteiger partial charge in [-0.2, -0.15) is 0 Å². The first-order valence-electron chi connectivity index (χ1n) is 19.9. The van der Waals surface area contributed by atoms with Gasteiger partial charge < -0.3 is 51.8 Å². The summed E-state index contributed by atoms with van der Waals surface area (Å²) in [6, 6.07) is 5.84. The molecule has 0 radical (unpaired) electrons. The number of hydrogen-bond acceptors (Lipinski definition) is 8. The van der Waals surface area contributed by atoms with Crippen LogP contribution in [0.4, 0.5) is 17.6 Å². The first-order valence-corrected chi connectivity index (χ1v) is 19.9. The van der Waals surface area contributed by atoms with Gasteiger partial charge in [0, 0.05) is 73.9 Å². The number of likely N-dealkylation sites (N-methyl/N-ethyl adjacent to an activating group) is 2. The maximum atomic E-state index is 13.9. The first kappa shape index (κ1) is 48.5. The Labute approximate surface area is 377 Å². The smallest absolute Gasteiger partial charge is 1.00 e. The van der Waals surface area contributed by atoms with Crippen LogP contribution in [0.25, 0.3) is 0 Å². The molecule has 0 fully saturated rings. The fraction of sp³-hybridized carbons (Fsp3) is 0.395. The zero-order valence-electron chi connectivity index (χ0n) is 35.4. The third-order valence-corrected chi connectivity index (χ3v) is 11.9. The summed E-state index contributed by atoms with van der Waals surface area (Å²) >= 11 is 0. The van der Waals surface area contributed by atoms with Gasteiger partial charge in [-0.3, -0.25) is 28.8 Å². The fourth-order valence-electron chi connectivity index (χ4n) is 9.08. The van der Waals surface area contributed by atoms with E-state index in [0.29, 0.717) is 56.5 Å². The van der Waals surface area contributed by atoms with Crippen molar-refractivity contribution < 1.29 is 77.9 Å². The molecule has 8 rings (SSSR count). The average Bonchev–Trinajstić information content (AvgIpc) is 3.72. The molecular formula is C43H44ClF4LiN6O8. The van der Waals surface area contributed by atoms with E-state index < -0.39 is 57.6 Å². The zero-order valence-corrected chi connectivity index (χ0v) is 36.2. The van der Waals surface area contributed by atoms with E-state index in [1.54, 1.807) is 18.9 Å². The third-order valence-electron chi connectivity index (χ3n) is 11.9. The van der Waals surface area contributed by atoms with E-state index >= 15 is 0 Å². The molecule has 4 amide bonds. The number of aromatic hydroxyl groups is 1. The number of nitrogens with one attached hydrogen (secondary N) is 2. The molecule has 6 heterocycles. The number of carbonyl (C=O) groups is 4. The number of benzene rings is 2. The Morgan fingerprint density at radius 3 is 1.54 bits per heavy atom. The molecule has 0 bridgehead atoms. The van der Waals surface area contributed by atoms with Crippen molar-refractivity contribution in [3.63, 3.8) is 0 Å². The van der Waals surface area contributed by atoms with Crippen molar-refractivity contribution in [1.82, 2.24) is 29.6 Å². The molecule has 0 aliphatic carbocycles. The summed E-state index contributed by atoms with van der Waals surface area (Å²) < 4.78 is 62.7. The van der Waals surface area contributed by atoms with Gasteiger partial charge in [0.25, 0.3) is 23.6 Å². The molecule has 20 heteroatoms. The minimum absolute atomic E-state index is 0. The molecule has 3 N–H and O–H groups in total. The number of hydrogen-bond donors (Lipinski definition) is 3. The van der Waals surface area contributed by atoms with E-state index in [-0.39, 0.29) is 114 Å². The van der Waals surface area contributed by atoms with Gasteiger partial charge in [-0.05, 0) is 50.7 Å². The van der Waals surface area contributed by atoms with Gasteiger partial charge in [-0.1, -0.05) is 26.0 Å². The van der Waals surface area contributed by atoms with Crippen molar-refractivity contribution in [2.45, 2.75) is 77.5 Å². The van der Waals surface area contributed by atoms with E-state index in [1.807, 2.05) is 27.7 Å². The van der Waals surface area contributed by atoms with E-state index in [1.165, 1.54) is 19.2 Å². The number of ether oxygens (including phenoxy) is 1. The predicted octanol–water partition coefficient (Wildman–Crippen LogP) is -1.12. The summed E-state index contributed by atoms with van der Waals surface area (Å²) in [5.41, 5.74) is -0.802. The van der Waals surface area contributed by atoms with Crippen LogP contribution in [0.2, 0.25) is 0 Å². The topological polar surface area (TPSA) is 172 Å². The second kappa shape index (κ2) is 19.0. The summed E-state index contributed by atoms with van der Waals surface area (Å²) in [5, 5.41) is 15.5. The Morgan fingerprint density at radius 1 is 0.714 bits per heavy atom. The van der Waals surface area contributed by atoms with Gasteiger partial charge in [-0.15, -0.1) is 0 Å². The van der Waals surface area contributed by atoms with Gasteiger partial charge in [0.1, 0.15) is 34.4 Å². The minimum atomic E-state index is -0.924. The second-order valence-electron chi connectivity index (χ2n) is 15.6. The number of halogens is 5. The van der Waals surface area contributed by atoms with Crippen LogP contribution in [0.5, 0.6) is 11.5 Å². The largest absolute Gasteiger partial charge is 1.00 e. The fourth-order valence-corrected chi connectivity index (χ4v) is 9.08. The number of methoxy groups -OCH3 is 1. The van der Waals surface area contributed by atoms with Crippen molar-refractivity contribution in [3.8, 4) is 11.5 Å². The number of nitrogens with zero attached hydrogens (tertiary/aromatic N) is 4. The molecule has 0 saturated heterocycles. The molecule has 2 aromatic heterocycles. The Kier molecular flexibility index (Phi) is 14.6. The van der Waals surface area contributed by atoms with Crippen LogP contribution < -0.4 is 57.5 Å². The molecule has 2 aromatic carbocycles. The van der Waals surface area contributed by atoms with Crippen LogP contribution in [0.1, 0.15) is 129 Å². The minimum Gasteiger partial charge on any atom is -1.00 e. The molecule has 0 spiro atoms. The predicted molar refractivity (Wildman–Crippen MR) is 212 cm³/mol. The van der Waals surface area contributed by atoms with Crippen LogP contribution in [0.15, 0.2) is 46.0 Å². The number of rotatable bonds is 9. The third kappa shape index (κ3) is 8.48. The van der Waals surface area contributed by atoms with Crippen LogP contribution in [0, 0.1) is 23.3 Å². The average molecular weight is 891 g/mol. The Hall–Kier alpha value is -5.57. The summed E-state index contributed by atoms with van der Waals surface area (Å²) in [6.45, 7) is 8.85. The Morgan fingerprint density at radius 2 is 1.13 bits per heavy atom. The molecule has 4 unspecified atom stereocenters. The summed E-state index contributed by atoms with van der Waals surface area (Å²) in [7, 11) is 1.29. The normalized spacial score (nSPS) is 18.9. The monoisotopic (exact) mass is 890 g/mol. The molecular weight excluding hydrogens is 847 g/mol. The first-order chi connectivity index (χ1) is 29.0. The molecule has 330 valence electrons. The summed E-state index contributed by atoms with van der Waals surface area (Å²) in [4.78, 5) is 81.0. The van der Waals surface area contributed by atoms with E-state index in [2.05, 4.69) is 10.6 Å². The second-order valence-corrected chi connectivity index (χ2v) is 15.6. The number of amides is 4. The molecule has 63 heavy (non-hydrogen) atoms.